The molecule has 0 radical (unpaired) electrons. The number of rotatable bonds is 45. The molecule has 64 heavy (non-hydrogen) atoms. The summed E-state index contributed by atoms with van der Waals surface area (Å²) in [6.45, 7) is 6.37. The van der Waals surface area contributed by atoms with E-state index < -0.39 is 6.10 Å². The Labute approximate surface area is 393 Å². The first kappa shape index (κ1) is 60.1. The van der Waals surface area contributed by atoms with E-state index in [1.54, 1.807) is 0 Å². The van der Waals surface area contributed by atoms with Crippen molar-refractivity contribution in [3.8, 4) is 0 Å². The lowest BCUT2D eigenvalue weighted by Gasteiger charge is -2.18. The Morgan fingerprint density at radius 2 is 0.688 bits per heavy atom. The average molecular weight is 887 g/mol. The van der Waals surface area contributed by atoms with Crippen LogP contribution >= 0.6 is 0 Å². The van der Waals surface area contributed by atoms with Gasteiger partial charge in [0, 0.05) is 19.3 Å². The van der Waals surface area contributed by atoms with Crippen molar-refractivity contribution in [2.75, 3.05) is 13.2 Å². The normalized spacial score (nSPS) is 13.0. The van der Waals surface area contributed by atoms with E-state index in [0.29, 0.717) is 19.3 Å². The van der Waals surface area contributed by atoms with Crippen LogP contribution < -0.4 is 0 Å². The first-order valence-corrected chi connectivity index (χ1v) is 25.9. The molecule has 0 spiro atoms. The summed E-state index contributed by atoms with van der Waals surface area (Å²) in [4.78, 5) is 38.0. The van der Waals surface area contributed by atoms with Gasteiger partial charge in [-0.25, -0.2) is 0 Å². The highest BCUT2D eigenvalue weighted by Crippen LogP contribution is 2.12. The SMILES string of the molecule is CC\C=C/C=C\C=C/CCCCCCCC(=O)OCC(COC(=O)CCC/C=C\C/C=C\C/C=C\C/C=C\CCCCC)OC(=O)CCCCC/C=C\C=C/CCCCCCCCC. The van der Waals surface area contributed by atoms with Crippen molar-refractivity contribution in [2.45, 2.75) is 226 Å². The van der Waals surface area contributed by atoms with Crippen LogP contribution in [-0.2, 0) is 28.6 Å². The van der Waals surface area contributed by atoms with Gasteiger partial charge in [-0.3, -0.25) is 14.4 Å². The highest BCUT2D eigenvalue weighted by molar-refractivity contribution is 5.71. The van der Waals surface area contributed by atoms with E-state index in [4.69, 9.17) is 14.2 Å². The number of carbonyl (C=O) groups is 3. The number of hydrogen-bond donors (Lipinski definition) is 0. The van der Waals surface area contributed by atoms with Gasteiger partial charge in [0.2, 0.25) is 0 Å². The Kier molecular flexibility index (Phi) is 48.5. The number of allylic oxidation sites excluding steroid dienone is 18. The standard InChI is InChI=1S/C58H94O6/c1-4-7-10-13-16-19-22-25-27-29-31-33-36-39-42-45-48-51-57(60)63-54-55(53-62-56(59)50-47-44-41-38-35-32-24-21-18-15-12-9-6-3)64-58(61)52-49-46-43-40-37-34-30-28-26-23-20-17-14-11-8-5-2/h9,12,15-16,18-19,21,24-25,27-28,30-31,33-34,37,39,42,55H,4-8,10-11,13-14,17,20,22-23,26,29,32,35-36,38,40-41,43-54H2,1-3H3/b12-9-,18-15-,19-16-,24-21-,27-25-,30-28-,33-31-,37-34-,42-39-. The summed E-state index contributed by atoms with van der Waals surface area (Å²) >= 11 is 0. The van der Waals surface area contributed by atoms with Crippen molar-refractivity contribution >= 4 is 17.9 Å². The second-order valence-electron chi connectivity index (χ2n) is 16.8. The zero-order valence-corrected chi connectivity index (χ0v) is 41.3. The van der Waals surface area contributed by atoms with Crippen LogP contribution in [0.4, 0.5) is 0 Å². The summed E-state index contributed by atoms with van der Waals surface area (Å²) in [6, 6.07) is 0. The average Bonchev–Trinajstić information content (AvgIpc) is 3.29. The molecular weight excluding hydrogens is 793 g/mol. The lowest BCUT2D eigenvalue weighted by molar-refractivity contribution is -0.167. The molecule has 0 saturated carbocycles. The number of carbonyl (C=O) groups excluding carboxylic acids is 3. The van der Waals surface area contributed by atoms with E-state index in [0.717, 1.165) is 96.3 Å². The van der Waals surface area contributed by atoms with Gasteiger partial charge < -0.3 is 14.2 Å². The Hall–Kier alpha value is -3.93. The fourth-order valence-electron chi connectivity index (χ4n) is 6.66. The van der Waals surface area contributed by atoms with Gasteiger partial charge in [0.1, 0.15) is 13.2 Å². The Morgan fingerprint density at radius 1 is 0.344 bits per heavy atom. The van der Waals surface area contributed by atoms with Gasteiger partial charge in [0.05, 0.1) is 0 Å². The maximum absolute atomic E-state index is 12.8. The van der Waals surface area contributed by atoms with Gasteiger partial charge in [-0.05, 0) is 103 Å². The molecule has 0 heterocycles. The highest BCUT2D eigenvalue weighted by Gasteiger charge is 2.19. The molecule has 0 fully saturated rings. The largest absolute Gasteiger partial charge is 0.462 e. The maximum Gasteiger partial charge on any atom is 0.306 e. The third kappa shape index (κ3) is 49.1. The van der Waals surface area contributed by atoms with Gasteiger partial charge in [-0.15, -0.1) is 0 Å². The fourth-order valence-corrected chi connectivity index (χ4v) is 6.66. The van der Waals surface area contributed by atoms with E-state index in [9.17, 15) is 14.4 Å². The summed E-state index contributed by atoms with van der Waals surface area (Å²) in [5, 5.41) is 0. The first-order chi connectivity index (χ1) is 31.5. The Balaban J connectivity index is 4.56. The third-order valence-electron chi connectivity index (χ3n) is 10.6. The van der Waals surface area contributed by atoms with Gasteiger partial charge in [-0.1, -0.05) is 207 Å². The molecule has 1 unspecified atom stereocenters. The molecule has 0 aromatic heterocycles. The van der Waals surface area contributed by atoms with Crippen LogP contribution in [0.5, 0.6) is 0 Å². The zero-order chi connectivity index (χ0) is 46.5. The van der Waals surface area contributed by atoms with E-state index >= 15 is 0 Å². The minimum Gasteiger partial charge on any atom is -0.462 e. The van der Waals surface area contributed by atoms with Crippen molar-refractivity contribution in [2.24, 2.45) is 0 Å². The molecule has 0 N–H and O–H groups in total. The molecular formula is C58H94O6. The zero-order valence-electron chi connectivity index (χ0n) is 41.3. The topological polar surface area (TPSA) is 78.9 Å². The van der Waals surface area contributed by atoms with E-state index in [1.807, 2.05) is 6.08 Å². The highest BCUT2D eigenvalue weighted by atomic mass is 16.6. The van der Waals surface area contributed by atoms with Crippen molar-refractivity contribution in [1.29, 1.82) is 0 Å². The molecule has 0 aromatic carbocycles. The molecule has 0 aliphatic heterocycles. The molecule has 6 heteroatoms. The molecule has 0 bridgehead atoms. The number of hydrogen-bond acceptors (Lipinski definition) is 6. The van der Waals surface area contributed by atoms with E-state index in [-0.39, 0.29) is 44.0 Å². The molecule has 0 aliphatic carbocycles. The monoisotopic (exact) mass is 887 g/mol. The van der Waals surface area contributed by atoms with E-state index in [2.05, 4.69) is 124 Å². The number of ether oxygens (including phenoxy) is 3. The number of unbranched alkanes of at least 4 members (excludes halogenated alkanes) is 19. The predicted octanol–water partition coefficient (Wildman–Crippen LogP) is 17.1. The summed E-state index contributed by atoms with van der Waals surface area (Å²) < 4.78 is 16.7. The summed E-state index contributed by atoms with van der Waals surface area (Å²) in [6.07, 6.45) is 69.3. The van der Waals surface area contributed by atoms with Gasteiger partial charge in [0.25, 0.3) is 0 Å². The minimum absolute atomic E-state index is 0.119. The summed E-state index contributed by atoms with van der Waals surface area (Å²) in [5.41, 5.74) is 0. The van der Waals surface area contributed by atoms with Crippen LogP contribution in [0.3, 0.4) is 0 Å². The second kappa shape index (κ2) is 51.7. The molecule has 1 atom stereocenters. The van der Waals surface area contributed by atoms with Crippen LogP contribution in [0.1, 0.15) is 220 Å². The number of esters is 3. The molecule has 0 saturated heterocycles. The molecule has 0 aliphatic rings. The smallest absolute Gasteiger partial charge is 0.306 e. The van der Waals surface area contributed by atoms with Gasteiger partial charge >= 0.3 is 17.9 Å². The first-order valence-electron chi connectivity index (χ1n) is 25.9. The third-order valence-corrected chi connectivity index (χ3v) is 10.6. The molecule has 0 aromatic rings. The van der Waals surface area contributed by atoms with E-state index in [1.165, 1.54) is 70.6 Å². The second-order valence-corrected chi connectivity index (χ2v) is 16.8. The molecule has 0 amide bonds. The van der Waals surface area contributed by atoms with Crippen LogP contribution in [-0.4, -0.2) is 37.2 Å². The van der Waals surface area contributed by atoms with Crippen LogP contribution in [0, 0.1) is 0 Å². The molecule has 6 nitrogen and oxygen atoms in total. The molecule has 362 valence electrons. The lowest BCUT2D eigenvalue weighted by Crippen LogP contribution is -2.30. The quantitative estimate of drug-likeness (QED) is 0.0199. The van der Waals surface area contributed by atoms with Crippen molar-refractivity contribution in [3.63, 3.8) is 0 Å². The van der Waals surface area contributed by atoms with Gasteiger partial charge in [-0.2, -0.15) is 0 Å². The molecule has 0 rings (SSSR count). The minimum atomic E-state index is -0.824. The van der Waals surface area contributed by atoms with Crippen molar-refractivity contribution in [3.05, 3.63) is 109 Å². The van der Waals surface area contributed by atoms with Crippen LogP contribution in [0.15, 0.2) is 109 Å². The Bertz CT molecular complexity index is 1340. The van der Waals surface area contributed by atoms with Crippen LogP contribution in [0.25, 0.3) is 0 Å². The van der Waals surface area contributed by atoms with Crippen molar-refractivity contribution in [1.82, 2.24) is 0 Å². The predicted molar refractivity (Wildman–Crippen MR) is 274 cm³/mol. The summed E-state index contributed by atoms with van der Waals surface area (Å²) in [7, 11) is 0. The van der Waals surface area contributed by atoms with Gasteiger partial charge in [0.15, 0.2) is 6.10 Å². The Morgan fingerprint density at radius 3 is 1.20 bits per heavy atom. The van der Waals surface area contributed by atoms with Crippen molar-refractivity contribution < 1.29 is 28.6 Å². The lowest BCUT2D eigenvalue weighted by atomic mass is 10.1. The van der Waals surface area contributed by atoms with Crippen LogP contribution in [0.2, 0.25) is 0 Å². The maximum atomic E-state index is 12.8. The summed E-state index contributed by atoms with van der Waals surface area (Å²) in [5.74, 6) is -1.03. The fraction of sp³-hybridized carbons (Fsp3) is 0.638.